The lowest BCUT2D eigenvalue weighted by Crippen LogP contribution is -2.13. The van der Waals surface area contributed by atoms with Gasteiger partial charge in [-0.2, -0.15) is 0 Å². The third-order valence-electron chi connectivity index (χ3n) is 3.57. The third kappa shape index (κ3) is 3.08. The average molecular weight is 391 g/mol. The predicted octanol–water partition coefficient (Wildman–Crippen LogP) is 4.21. The predicted molar refractivity (Wildman–Crippen MR) is 99.0 cm³/mol. The molecule has 0 unspecified atom stereocenters. The van der Waals surface area contributed by atoms with E-state index in [-0.39, 0.29) is 5.91 Å². The number of rotatable bonds is 3. The Morgan fingerprint density at radius 3 is 2.78 bits per heavy atom. The number of nitrogens with two attached hydrogens (primary N) is 1. The Hall–Kier alpha value is -1.96. The summed E-state index contributed by atoms with van der Waals surface area (Å²) in [5, 5.41) is 3.66. The molecule has 0 saturated heterocycles. The Balaban J connectivity index is 2.01. The summed E-state index contributed by atoms with van der Waals surface area (Å²) in [6.45, 7) is 3.93. The number of benzene rings is 2. The van der Waals surface area contributed by atoms with E-state index in [0.29, 0.717) is 10.7 Å². The zero-order chi connectivity index (χ0) is 16.6. The molecule has 3 rings (SSSR count). The number of hydrogen-bond acceptors (Lipinski definition) is 5. The zero-order valence-electron chi connectivity index (χ0n) is 12.6. The van der Waals surface area contributed by atoms with Crippen molar-refractivity contribution in [2.45, 2.75) is 13.8 Å². The molecule has 118 valence electrons. The summed E-state index contributed by atoms with van der Waals surface area (Å²) in [4.78, 5) is 16.9. The van der Waals surface area contributed by atoms with E-state index in [2.05, 4.69) is 31.7 Å². The van der Waals surface area contributed by atoms with E-state index in [4.69, 9.17) is 5.84 Å². The van der Waals surface area contributed by atoms with E-state index in [1.165, 1.54) is 11.3 Å². The molecule has 5 nitrogen and oxygen atoms in total. The molecule has 0 aliphatic heterocycles. The number of nitrogens with one attached hydrogen (secondary N) is 2. The summed E-state index contributed by atoms with van der Waals surface area (Å²) in [6, 6.07) is 9.26. The number of nitrogen functional groups attached to an aromatic ring is 1. The summed E-state index contributed by atoms with van der Waals surface area (Å²) in [6.07, 6.45) is 0. The Kier molecular flexibility index (Phi) is 4.34. The molecule has 2 aromatic carbocycles. The summed E-state index contributed by atoms with van der Waals surface area (Å²) in [5.74, 6) is 5.29. The maximum Gasteiger partial charge on any atom is 0.255 e. The molecule has 1 heterocycles. The minimum absolute atomic E-state index is 0.140. The molecule has 1 aromatic heterocycles. The van der Waals surface area contributed by atoms with Crippen molar-refractivity contribution >= 4 is 54.2 Å². The molecule has 7 heteroatoms. The van der Waals surface area contributed by atoms with Crippen molar-refractivity contribution in [1.82, 2.24) is 4.98 Å². The zero-order valence-corrected chi connectivity index (χ0v) is 15.0. The first kappa shape index (κ1) is 15.9. The van der Waals surface area contributed by atoms with E-state index in [1.54, 1.807) is 12.1 Å². The maximum atomic E-state index is 12.5. The van der Waals surface area contributed by atoms with Gasteiger partial charge < -0.3 is 5.32 Å². The fourth-order valence-electron chi connectivity index (χ4n) is 2.45. The first-order valence-corrected chi connectivity index (χ1v) is 8.55. The van der Waals surface area contributed by atoms with Crippen LogP contribution in [0, 0.1) is 13.8 Å². The van der Waals surface area contributed by atoms with Crippen LogP contribution in [-0.4, -0.2) is 10.9 Å². The van der Waals surface area contributed by atoms with Crippen LogP contribution in [0.1, 0.15) is 21.5 Å². The van der Waals surface area contributed by atoms with Crippen LogP contribution < -0.4 is 16.6 Å². The van der Waals surface area contributed by atoms with Crippen molar-refractivity contribution in [3.8, 4) is 0 Å². The van der Waals surface area contributed by atoms with E-state index in [1.807, 2.05) is 32.0 Å². The molecule has 0 atom stereocenters. The lowest BCUT2D eigenvalue weighted by Gasteiger charge is -2.12. The number of amides is 1. The van der Waals surface area contributed by atoms with Gasteiger partial charge in [-0.05, 0) is 49.2 Å². The van der Waals surface area contributed by atoms with Gasteiger partial charge in [-0.25, -0.2) is 10.8 Å². The van der Waals surface area contributed by atoms with Gasteiger partial charge in [-0.15, -0.1) is 0 Å². The number of aryl methyl sites for hydroxylation is 2. The Morgan fingerprint density at radius 1 is 1.30 bits per heavy atom. The fraction of sp³-hybridized carbons (Fsp3) is 0.125. The number of fused-ring (bicyclic) bond motifs is 1. The van der Waals surface area contributed by atoms with Gasteiger partial charge in [0.1, 0.15) is 0 Å². The molecule has 1 amide bonds. The van der Waals surface area contributed by atoms with Crippen molar-refractivity contribution in [1.29, 1.82) is 0 Å². The number of halogens is 1. The molecule has 0 bridgehead atoms. The molecule has 0 aliphatic rings. The number of carbonyl (C=O) groups excluding carboxylic acids is 1. The summed E-state index contributed by atoms with van der Waals surface area (Å²) in [7, 11) is 0. The van der Waals surface area contributed by atoms with E-state index >= 15 is 0 Å². The van der Waals surface area contributed by atoms with Crippen molar-refractivity contribution in [3.63, 3.8) is 0 Å². The Bertz CT molecular complexity index is 906. The SMILES string of the molecule is Cc1cc2nc(NN)sc2c(C)c1NC(=O)c1cccc(Br)c1. The molecular formula is C16H15BrN4OS. The number of aromatic nitrogens is 1. The lowest BCUT2D eigenvalue weighted by atomic mass is 10.1. The normalized spacial score (nSPS) is 10.8. The standard InChI is InChI=1S/C16H15BrN4OS/c1-8-6-12-14(23-16(19-12)21-18)9(2)13(8)20-15(22)10-4-3-5-11(17)7-10/h3-7H,18H2,1-2H3,(H,19,21)(H,20,22). The smallest absolute Gasteiger partial charge is 0.255 e. The van der Waals surface area contributed by atoms with E-state index in [9.17, 15) is 4.79 Å². The molecule has 0 aliphatic carbocycles. The minimum Gasteiger partial charge on any atom is -0.321 e. The highest BCUT2D eigenvalue weighted by atomic mass is 79.9. The van der Waals surface area contributed by atoms with E-state index in [0.717, 1.165) is 31.5 Å². The molecule has 0 radical (unpaired) electrons. The molecule has 0 fully saturated rings. The number of carbonyl (C=O) groups is 1. The van der Waals surface area contributed by atoms with Crippen molar-refractivity contribution in [2.75, 3.05) is 10.7 Å². The highest BCUT2D eigenvalue weighted by molar-refractivity contribution is 9.10. The van der Waals surface area contributed by atoms with Crippen LogP contribution in [0.25, 0.3) is 10.2 Å². The van der Waals surface area contributed by atoms with Gasteiger partial charge in [0, 0.05) is 15.7 Å². The number of hydrogen-bond donors (Lipinski definition) is 3. The summed E-state index contributed by atoms with van der Waals surface area (Å²) in [5.41, 5.74) is 6.82. The Morgan fingerprint density at radius 2 is 2.09 bits per heavy atom. The van der Waals surface area contributed by atoms with Crippen LogP contribution in [0.2, 0.25) is 0 Å². The minimum atomic E-state index is -0.140. The summed E-state index contributed by atoms with van der Waals surface area (Å²) < 4.78 is 1.88. The lowest BCUT2D eigenvalue weighted by molar-refractivity contribution is 0.102. The van der Waals surface area contributed by atoms with Crippen molar-refractivity contribution < 1.29 is 4.79 Å². The molecule has 23 heavy (non-hydrogen) atoms. The average Bonchev–Trinajstić information content (AvgIpc) is 2.94. The number of nitrogens with zero attached hydrogens (tertiary/aromatic N) is 1. The number of anilines is 2. The van der Waals surface area contributed by atoms with Crippen LogP contribution in [-0.2, 0) is 0 Å². The first-order valence-electron chi connectivity index (χ1n) is 6.94. The van der Waals surface area contributed by atoms with Gasteiger partial charge in [0.2, 0.25) is 0 Å². The van der Waals surface area contributed by atoms with Crippen molar-refractivity contribution in [2.24, 2.45) is 5.84 Å². The van der Waals surface area contributed by atoms with Gasteiger partial charge in [0.05, 0.1) is 10.2 Å². The summed E-state index contributed by atoms with van der Waals surface area (Å²) >= 11 is 4.85. The second-order valence-electron chi connectivity index (χ2n) is 5.17. The third-order valence-corrected chi connectivity index (χ3v) is 5.18. The van der Waals surface area contributed by atoms with Crippen LogP contribution >= 0.6 is 27.3 Å². The van der Waals surface area contributed by atoms with E-state index < -0.39 is 0 Å². The van der Waals surface area contributed by atoms with Gasteiger partial charge in [-0.3, -0.25) is 10.2 Å². The van der Waals surface area contributed by atoms with Gasteiger partial charge in [-0.1, -0.05) is 33.3 Å². The molecular weight excluding hydrogens is 376 g/mol. The fourth-order valence-corrected chi connectivity index (χ4v) is 3.71. The topological polar surface area (TPSA) is 80.0 Å². The molecule has 3 aromatic rings. The highest BCUT2D eigenvalue weighted by Crippen LogP contribution is 2.35. The van der Waals surface area contributed by atoms with Crippen LogP contribution in [0.3, 0.4) is 0 Å². The molecule has 4 N–H and O–H groups in total. The van der Waals surface area contributed by atoms with Gasteiger partial charge in [0.25, 0.3) is 5.91 Å². The Labute approximate surface area is 146 Å². The largest absolute Gasteiger partial charge is 0.321 e. The van der Waals surface area contributed by atoms with Gasteiger partial charge >= 0.3 is 0 Å². The van der Waals surface area contributed by atoms with Crippen LogP contribution in [0.5, 0.6) is 0 Å². The van der Waals surface area contributed by atoms with Crippen LogP contribution in [0.15, 0.2) is 34.8 Å². The number of hydrazine groups is 1. The second kappa shape index (κ2) is 6.27. The highest BCUT2D eigenvalue weighted by Gasteiger charge is 2.15. The monoisotopic (exact) mass is 390 g/mol. The first-order chi connectivity index (χ1) is 11.0. The number of thiazole rings is 1. The second-order valence-corrected chi connectivity index (χ2v) is 7.08. The quantitative estimate of drug-likeness (QED) is 0.462. The van der Waals surface area contributed by atoms with Crippen LogP contribution in [0.4, 0.5) is 10.8 Å². The molecule has 0 spiro atoms. The van der Waals surface area contributed by atoms with Gasteiger partial charge in [0.15, 0.2) is 5.13 Å². The maximum absolute atomic E-state index is 12.5. The van der Waals surface area contributed by atoms with Crippen molar-refractivity contribution in [3.05, 3.63) is 51.5 Å². The molecule has 0 saturated carbocycles.